The first-order valence-electron chi connectivity index (χ1n) is 5.35. The largest absolute Gasteiger partial charge is 0.436 e. The molecule has 0 radical (unpaired) electrons. The minimum atomic E-state index is -4.69. The van der Waals surface area contributed by atoms with Gasteiger partial charge in [0.15, 0.2) is 11.4 Å². The second kappa shape index (κ2) is 4.39. The van der Waals surface area contributed by atoms with Crippen LogP contribution in [-0.2, 0) is 6.18 Å². The Labute approximate surface area is 107 Å². The molecule has 1 aromatic heterocycles. The normalized spacial score (nSPS) is 11.4. The van der Waals surface area contributed by atoms with Crippen molar-refractivity contribution in [2.45, 2.75) is 20.0 Å². The van der Waals surface area contributed by atoms with Crippen LogP contribution in [0.15, 0.2) is 18.2 Å². The smallest absolute Gasteiger partial charge is 0.207 e. The third kappa shape index (κ3) is 2.29. The van der Waals surface area contributed by atoms with Gasteiger partial charge in [-0.3, -0.25) is 0 Å². The molecule has 0 bridgehead atoms. The summed E-state index contributed by atoms with van der Waals surface area (Å²) in [4.78, 5) is 0. The predicted octanol–water partition coefficient (Wildman–Crippen LogP) is 2.77. The lowest BCUT2D eigenvalue weighted by Gasteiger charge is -2.12. The van der Waals surface area contributed by atoms with Crippen LogP contribution in [-0.4, -0.2) is 15.0 Å². The third-order valence-corrected chi connectivity index (χ3v) is 2.64. The fraction of sp³-hybridized carbons (Fsp3) is 0.250. The Kier molecular flexibility index (Phi) is 3.02. The average molecular weight is 266 g/mol. The summed E-state index contributed by atoms with van der Waals surface area (Å²) in [6.07, 6.45) is -4.69. The highest BCUT2D eigenvalue weighted by Crippen LogP contribution is 2.33. The number of rotatable bonds is 1. The van der Waals surface area contributed by atoms with E-state index in [4.69, 9.17) is 5.26 Å². The molecular weight excluding hydrogens is 257 g/mol. The van der Waals surface area contributed by atoms with Crippen LogP contribution < -0.4 is 0 Å². The van der Waals surface area contributed by atoms with Gasteiger partial charge < -0.3 is 0 Å². The van der Waals surface area contributed by atoms with E-state index in [1.165, 1.54) is 6.07 Å². The van der Waals surface area contributed by atoms with Crippen molar-refractivity contribution in [3.8, 4) is 11.8 Å². The molecule has 0 saturated carbocycles. The van der Waals surface area contributed by atoms with Gasteiger partial charge in [-0.15, -0.1) is 5.10 Å². The summed E-state index contributed by atoms with van der Waals surface area (Å²) < 4.78 is 39.7. The van der Waals surface area contributed by atoms with Gasteiger partial charge in [0, 0.05) is 0 Å². The van der Waals surface area contributed by atoms with Gasteiger partial charge in [0.1, 0.15) is 6.07 Å². The maximum atomic E-state index is 13.0. The van der Waals surface area contributed by atoms with E-state index in [0.717, 1.165) is 5.56 Å². The number of alkyl halides is 3. The molecule has 7 heteroatoms. The zero-order valence-electron chi connectivity index (χ0n) is 10.2. The van der Waals surface area contributed by atoms with E-state index in [2.05, 4.69) is 10.3 Å². The van der Waals surface area contributed by atoms with Crippen LogP contribution in [0.25, 0.3) is 5.69 Å². The molecule has 2 rings (SSSR count). The zero-order valence-corrected chi connectivity index (χ0v) is 10.2. The maximum Gasteiger partial charge on any atom is 0.436 e. The van der Waals surface area contributed by atoms with Gasteiger partial charge in [-0.25, -0.2) is 4.68 Å². The molecule has 0 spiro atoms. The molecule has 1 aromatic carbocycles. The van der Waals surface area contributed by atoms with Crippen molar-refractivity contribution in [1.29, 1.82) is 5.26 Å². The lowest BCUT2D eigenvalue weighted by atomic mass is 10.1. The van der Waals surface area contributed by atoms with E-state index >= 15 is 0 Å². The van der Waals surface area contributed by atoms with Crippen LogP contribution in [0.1, 0.15) is 22.5 Å². The molecule has 0 aliphatic heterocycles. The number of nitriles is 1. The second-order valence-electron chi connectivity index (χ2n) is 4.10. The first kappa shape index (κ1) is 13.1. The van der Waals surface area contributed by atoms with Gasteiger partial charge in [0.25, 0.3) is 0 Å². The Morgan fingerprint density at radius 2 is 1.95 bits per heavy atom. The number of nitrogens with zero attached hydrogens (tertiary/aromatic N) is 4. The van der Waals surface area contributed by atoms with Crippen molar-refractivity contribution < 1.29 is 13.2 Å². The summed E-state index contributed by atoms with van der Waals surface area (Å²) in [6, 6.07) is 6.46. The first-order valence-corrected chi connectivity index (χ1v) is 5.35. The summed E-state index contributed by atoms with van der Waals surface area (Å²) in [5, 5.41) is 15.4. The minimum Gasteiger partial charge on any atom is -0.207 e. The Morgan fingerprint density at radius 3 is 2.53 bits per heavy atom. The lowest BCUT2D eigenvalue weighted by Crippen LogP contribution is -2.15. The quantitative estimate of drug-likeness (QED) is 0.797. The Balaban J connectivity index is 2.74. The predicted molar refractivity (Wildman–Crippen MR) is 60.6 cm³/mol. The molecule has 0 fully saturated rings. The van der Waals surface area contributed by atoms with E-state index in [9.17, 15) is 13.2 Å². The van der Waals surface area contributed by atoms with E-state index < -0.39 is 17.6 Å². The Morgan fingerprint density at radius 1 is 1.26 bits per heavy atom. The van der Waals surface area contributed by atoms with E-state index in [0.29, 0.717) is 10.2 Å². The summed E-state index contributed by atoms with van der Waals surface area (Å²) in [5.74, 6) is 0. The number of hydrogen-bond acceptors (Lipinski definition) is 3. The van der Waals surface area contributed by atoms with Crippen LogP contribution in [0.4, 0.5) is 13.2 Å². The Bertz CT molecular complexity index is 665. The lowest BCUT2D eigenvalue weighted by molar-refractivity contribution is -0.143. The zero-order chi connectivity index (χ0) is 14.2. The number of hydrogen-bond donors (Lipinski definition) is 0. The van der Waals surface area contributed by atoms with Crippen molar-refractivity contribution in [2.24, 2.45) is 0 Å². The van der Waals surface area contributed by atoms with Gasteiger partial charge in [-0.2, -0.15) is 18.4 Å². The summed E-state index contributed by atoms with van der Waals surface area (Å²) >= 11 is 0. The van der Waals surface area contributed by atoms with E-state index in [1.54, 1.807) is 32.0 Å². The molecule has 0 amide bonds. The second-order valence-corrected chi connectivity index (χ2v) is 4.10. The molecule has 0 aliphatic carbocycles. The average Bonchev–Trinajstić information content (AvgIpc) is 2.75. The van der Waals surface area contributed by atoms with Crippen molar-refractivity contribution in [3.05, 3.63) is 40.7 Å². The SMILES string of the molecule is Cc1ccc(C)c(-n2nnc(C#N)c2C(F)(F)F)c1. The van der Waals surface area contributed by atoms with Crippen molar-refractivity contribution in [2.75, 3.05) is 0 Å². The monoisotopic (exact) mass is 266 g/mol. The number of aromatic nitrogens is 3. The van der Waals surface area contributed by atoms with Crippen LogP contribution in [0.5, 0.6) is 0 Å². The molecule has 0 saturated heterocycles. The highest BCUT2D eigenvalue weighted by atomic mass is 19.4. The van der Waals surface area contributed by atoms with Gasteiger partial charge in [-0.1, -0.05) is 17.3 Å². The van der Waals surface area contributed by atoms with Crippen molar-refractivity contribution >= 4 is 0 Å². The summed E-state index contributed by atoms with van der Waals surface area (Å²) in [5.41, 5.74) is -0.202. The van der Waals surface area contributed by atoms with Crippen LogP contribution in [0.2, 0.25) is 0 Å². The molecular formula is C12H9F3N4. The van der Waals surface area contributed by atoms with E-state index in [-0.39, 0.29) is 5.69 Å². The van der Waals surface area contributed by atoms with Gasteiger partial charge in [-0.05, 0) is 31.0 Å². The fourth-order valence-corrected chi connectivity index (χ4v) is 1.73. The molecule has 0 atom stereocenters. The molecule has 0 aliphatic rings. The summed E-state index contributed by atoms with van der Waals surface area (Å²) in [7, 11) is 0. The van der Waals surface area contributed by atoms with Crippen LogP contribution in [0, 0.1) is 25.2 Å². The molecule has 2 aromatic rings. The van der Waals surface area contributed by atoms with Gasteiger partial charge in [0.2, 0.25) is 0 Å². The van der Waals surface area contributed by atoms with Gasteiger partial charge >= 0.3 is 6.18 Å². The van der Waals surface area contributed by atoms with Crippen LogP contribution in [0.3, 0.4) is 0 Å². The third-order valence-electron chi connectivity index (χ3n) is 2.64. The van der Waals surface area contributed by atoms with E-state index in [1.807, 2.05) is 0 Å². The van der Waals surface area contributed by atoms with Crippen LogP contribution >= 0.6 is 0 Å². The topological polar surface area (TPSA) is 54.5 Å². The molecule has 98 valence electrons. The fourth-order valence-electron chi connectivity index (χ4n) is 1.73. The molecule has 1 heterocycles. The summed E-state index contributed by atoms with van der Waals surface area (Å²) in [6.45, 7) is 3.43. The highest BCUT2D eigenvalue weighted by Gasteiger charge is 2.40. The van der Waals surface area contributed by atoms with Crippen molar-refractivity contribution in [3.63, 3.8) is 0 Å². The first-order chi connectivity index (χ1) is 8.84. The molecule has 19 heavy (non-hydrogen) atoms. The van der Waals surface area contributed by atoms with Gasteiger partial charge in [0.05, 0.1) is 5.69 Å². The standard InChI is InChI=1S/C12H9F3N4/c1-7-3-4-8(2)10(5-7)19-11(12(13,14)15)9(6-16)17-18-19/h3-5H,1-2H3. The number of aryl methyl sites for hydroxylation is 2. The number of benzene rings is 1. The molecule has 4 nitrogen and oxygen atoms in total. The molecule has 0 unspecified atom stereocenters. The molecule has 0 N–H and O–H groups in total. The van der Waals surface area contributed by atoms with Crippen molar-refractivity contribution in [1.82, 2.24) is 15.0 Å². The highest BCUT2D eigenvalue weighted by molar-refractivity contribution is 5.45. The Hall–Kier alpha value is -2.36. The minimum absolute atomic E-state index is 0.265. The maximum absolute atomic E-state index is 13.0. The number of halogens is 3.